The summed E-state index contributed by atoms with van der Waals surface area (Å²) in [4.78, 5) is 29.2. The lowest BCUT2D eigenvalue weighted by Gasteiger charge is -2.15. The van der Waals surface area contributed by atoms with Gasteiger partial charge in [-0.25, -0.2) is 0 Å². The third-order valence-corrected chi connectivity index (χ3v) is 5.97. The standard InChI is InChI=1S/C19H22N6O2S/c1-3-23(4-2)12-15-20-21-19-25(15)22-16(28-19)10-7-11-24-17(26)13-8-5-6-9-14(13)18(24)27/h5-6,8-9H,3-4,7,10-12H2,1-2H3. The molecule has 0 N–H and O–H groups in total. The molecule has 0 spiro atoms. The van der Waals surface area contributed by atoms with Crippen LogP contribution in [0.15, 0.2) is 24.3 Å². The van der Waals surface area contributed by atoms with Gasteiger partial charge in [-0.1, -0.05) is 37.3 Å². The van der Waals surface area contributed by atoms with Crippen LogP contribution in [0.5, 0.6) is 0 Å². The number of benzene rings is 1. The molecule has 0 unspecified atom stereocenters. The van der Waals surface area contributed by atoms with Gasteiger partial charge >= 0.3 is 0 Å². The minimum Gasteiger partial charge on any atom is -0.296 e. The summed E-state index contributed by atoms with van der Waals surface area (Å²) < 4.78 is 1.81. The van der Waals surface area contributed by atoms with Crippen LogP contribution in [0, 0.1) is 0 Å². The lowest BCUT2D eigenvalue weighted by atomic mass is 10.1. The average molecular weight is 398 g/mol. The molecular weight excluding hydrogens is 376 g/mol. The van der Waals surface area contributed by atoms with E-state index in [1.807, 2.05) is 0 Å². The number of aryl methyl sites for hydroxylation is 1. The molecule has 4 rings (SSSR count). The van der Waals surface area contributed by atoms with Gasteiger partial charge in [0.15, 0.2) is 5.82 Å². The van der Waals surface area contributed by atoms with E-state index in [-0.39, 0.29) is 11.8 Å². The predicted octanol–water partition coefficient (Wildman–Crippen LogP) is 2.26. The highest BCUT2D eigenvalue weighted by Crippen LogP contribution is 2.23. The normalized spacial score (nSPS) is 13.9. The number of carbonyl (C=O) groups is 2. The van der Waals surface area contributed by atoms with Crippen molar-refractivity contribution in [3.05, 3.63) is 46.2 Å². The van der Waals surface area contributed by atoms with Gasteiger partial charge in [-0.05, 0) is 31.6 Å². The third kappa shape index (κ3) is 3.31. The number of hydrogen-bond acceptors (Lipinski definition) is 7. The summed E-state index contributed by atoms with van der Waals surface area (Å²) in [6, 6.07) is 6.97. The van der Waals surface area contributed by atoms with Gasteiger partial charge in [0.2, 0.25) is 4.96 Å². The van der Waals surface area contributed by atoms with E-state index in [0.717, 1.165) is 28.9 Å². The van der Waals surface area contributed by atoms with Crippen molar-refractivity contribution in [1.29, 1.82) is 0 Å². The summed E-state index contributed by atoms with van der Waals surface area (Å²) in [7, 11) is 0. The number of hydrogen-bond donors (Lipinski definition) is 0. The third-order valence-electron chi connectivity index (χ3n) is 5.01. The van der Waals surface area contributed by atoms with E-state index in [2.05, 4.69) is 34.0 Å². The Bertz CT molecular complexity index is 988. The highest BCUT2D eigenvalue weighted by molar-refractivity contribution is 7.16. The van der Waals surface area contributed by atoms with Crippen molar-refractivity contribution in [2.45, 2.75) is 33.2 Å². The summed E-state index contributed by atoms with van der Waals surface area (Å²) in [5, 5.41) is 14.0. The molecule has 1 aliphatic heterocycles. The maximum atomic E-state index is 12.4. The first-order chi connectivity index (χ1) is 13.6. The lowest BCUT2D eigenvalue weighted by Crippen LogP contribution is -2.30. The van der Waals surface area contributed by atoms with Gasteiger partial charge in [0, 0.05) is 13.0 Å². The van der Waals surface area contributed by atoms with Crippen molar-refractivity contribution in [2.75, 3.05) is 19.6 Å². The van der Waals surface area contributed by atoms with E-state index in [4.69, 9.17) is 0 Å². The van der Waals surface area contributed by atoms with E-state index in [9.17, 15) is 9.59 Å². The van der Waals surface area contributed by atoms with E-state index in [1.165, 1.54) is 16.2 Å². The van der Waals surface area contributed by atoms with Crippen molar-refractivity contribution in [3.8, 4) is 0 Å². The van der Waals surface area contributed by atoms with Crippen molar-refractivity contribution in [3.63, 3.8) is 0 Å². The Labute approximate surface area is 166 Å². The summed E-state index contributed by atoms with van der Waals surface area (Å²) in [5.74, 6) is 0.419. The van der Waals surface area contributed by atoms with E-state index < -0.39 is 0 Å². The van der Waals surface area contributed by atoms with Gasteiger partial charge in [-0.2, -0.15) is 9.61 Å². The highest BCUT2D eigenvalue weighted by atomic mass is 32.1. The van der Waals surface area contributed by atoms with Crippen molar-refractivity contribution in [2.24, 2.45) is 0 Å². The SMILES string of the molecule is CCN(CC)Cc1nnc2sc(CCCN3C(=O)c4ccccc4C3=O)nn12. The number of carbonyl (C=O) groups excluding carboxylic acids is 2. The molecule has 0 fully saturated rings. The fourth-order valence-electron chi connectivity index (χ4n) is 3.37. The van der Waals surface area contributed by atoms with Gasteiger partial charge in [-0.3, -0.25) is 19.4 Å². The van der Waals surface area contributed by atoms with Crippen LogP contribution < -0.4 is 0 Å². The van der Waals surface area contributed by atoms with Crippen LogP contribution in [0.4, 0.5) is 0 Å². The molecule has 8 nitrogen and oxygen atoms in total. The first-order valence-corrected chi connectivity index (χ1v) is 10.3. The fraction of sp³-hybridized carbons (Fsp3) is 0.421. The maximum absolute atomic E-state index is 12.4. The maximum Gasteiger partial charge on any atom is 0.261 e. The van der Waals surface area contributed by atoms with Gasteiger partial charge in [0.25, 0.3) is 11.8 Å². The topological polar surface area (TPSA) is 83.7 Å². The van der Waals surface area contributed by atoms with Crippen LogP contribution in [0.3, 0.4) is 0 Å². The largest absolute Gasteiger partial charge is 0.296 e. The Hall–Kier alpha value is -2.65. The highest BCUT2D eigenvalue weighted by Gasteiger charge is 2.34. The zero-order chi connectivity index (χ0) is 19.7. The Morgan fingerprint density at radius 2 is 1.71 bits per heavy atom. The molecule has 0 radical (unpaired) electrons. The zero-order valence-electron chi connectivity index (χ0n) is 16.0. The van der Waals surface area contributed by atoms with Crippen LogP contribution in [0.25, 0.3) is 4.96 Å². The molecule has 9 heteroatoms. The average Bonchev–Trinajstić information content (AvgIpc) is 3.35. The molecular formula is C19H22N6O2S. The number of imide groups is 1. The smallest absolute Gasteiger partial charge is 0.261 e. The summed E-state index contributed by atoms with van der Waals surface area (Å²) in [5.41, 5.74) is 0.986. The molecule has 146 valence electrons. The van der Waals surface area contributed by atoms with Gasteiger partial charge < -0.3 is 0 Å². The molecule has 0 saturated carbocycles. The molecule has 2 aromatic heterocycles. The Balaban J connectivity index is 1.39. The van der Waals surface area contributed by atoms with Crippen LogP contribution in [0.1, 0.15) is 51.8 Å². The number of fused-ring (bicyclic) bond motifs is 2. The molecule has 3 heterocycles. The van der Waals surface area contributed by atoms with Gasteiger partial charge in [0.05, 0.1) is 17.7 Å². The molecule has 2 amide bonds. The second kappa shape index (κ2) is 7.76. The molecule has 1 aliphatic rings. The first kappa shape index (κ1) is 18.7. The Morgan fingerprint density at radius 3 is 2.36 bits per heavy atom. The van der Waals surface area contributed by atoms with Crippen molar-refractivity contribution >= 4 is 28.1 Å². The predicted molar refractivity (Wildman–Crippen MR) is 105 cm³/mol. The second-order valence-electron chi connectivity index (χ2n) is 6.68. The fourth-order valence-corrected chi connectivity index (χ4v) is 4.27. The van der Waals surface area contributed by atoms with Gasteiger partial charge in [-0.15, -0.1) is 10.2 Å². The number of amides is 2. The van der Waals surface area contributed by atoms with Crippen LogP contribution in [-0.2, 0) is 13.0 Å². The van der Waals surface area contributed by atoms with E-state index in [1.54, 1.807) is 28.8 Å². The molecule has 0 bridgehead atoms. The van der Waals surface area contributed by atoms with Gasteiger partial charge in [0.1, 0.15) is 5.01 Å². The van der Waals surface area contributed by atoms with Crippen molar-refractivity contribution in [1.82, 2.24) is 29.6 Å². The number of nitrogens with zero attached hydrogens (tertiary/aromatic N) is 6. The lowest BCUT2D eigenvalue weighted by molar-refractivity contribution is 0.0652. The van der Waals surface area contributed by atoms with E-state index in [0.29, 0.717) is 37.1 Å². The van der Waals surface area contributed by atoms with Crippen LogP contribution >= 0.6 is 11.3 Å². The first-order valence-electron chi connectivity index (χ1n) is 9.50. The Kier molecular flexibility index (Phi) is 5.19. The molecule has 0 saturated heterocycles. The Morgan fingerprint density at radius 1 is 1.04 bits per heavy atom. The molecule has 0 aliphatic carbocycles. The quantitative estimate of drug-likeness (QED) is 0.541. The summed E-state index contributed by atoms with van der Waals surface area (Å²) in [6.07, 6.45) is 1.35. The van der Waals surface area contributed by atoms with Crippen LogP contribution in [-0.4, -0.2) is 61.1 Å². The molecule has 28 heavy (non-hydrogen) atoms. The summed E-state index contributed by atoms with van der Waals surface area (Å²) >= 11 is 1.50. The van der Waals surface area contributed by atoms with Crippen molar-refractivity contribution < 1.29 is 9.59 Å². The van der Waals surface area contributed by atoms with Crippen LogP contribution in [0.2, 0.25) is 0 Å². The van der Waals surface area contributed by atoms with E-state index >= 15 is 0 Å². The minimum atomic E-state index is -0.208. The molecule has 1 aromatic carbocycles. The number of rotatable bonds is 8. The molecule has 0 atom stereocenters. The summed E-state index contributed by atoms with van der Waals surface area (Å²) in [6.45, 7) is 7.23. The molecule has 3 aromatic rings. The zero-order valence-corrected chi connectivity index (χ0v) is 16.8. The number of aromatic nitrogens is 4. The monoisotopic (exact) mass is 398 g/mol. The second-order valence-corrected chi connectivity index (χ2v) is 7.72. The minimum absolute atomic E-state index is 0.208.